The molecular formula is C16H20F2N2O3. The second kappa shape index (κ2) is 7.88. The molecule has 0 bridgehead atoms. The van der Waals surface area contributed by atoms with Gasteiger partial charge < -0.3 is 15.2 Å². The van der Waals surface area contributed by atoms with Crippen molar-refractivity contribution in [3.63, 3.8) is 0 Å². The number of benzene rings is 1. The Morgan fingerprint density at radius 2 is 1.91 bits per heavy atom. The normalized spacial score (nSPS) is 13.8. The van der Waals surface area contributed by atoms with E-state index in [2.05, 4.69) is 5.32 Å². The molecule has 0 spiro atoms. The summed E-state index contributed by atoms with van der Waals surface area (Å²) in [6, 6.07) is 3.81. The molecule has 0 unspecified atom stereocenters. The van der Waals surface area contributed by atoms with Crippen molar-refractivity contribution < 1.29 is 23.4 Å². The third kappa shape index (κ3) is 7.06. The fourth-order valence-electron chi connectivity index (χ4n) is 1.96. The van der Waals surface area contributed by atoms with Crippen LogP contribution in [0.1, 0.15) is 32.8 Å². The first-order valence-electron chi connectivity index (χ1n) is 7.10. The topological polar surface area (TPSA) is 82.3 Å². The summed E-state index contributed by atoms with van der Waals surface area (Å²) in [5.74, 6) is -1.52. The van der Waals surface area contributed by atoms with Crippen molar-refractivity contribution >= 4 is 6.09 Å². The van der Waals surface area contributed by atoms with Gasteiger partial charge in [0.15, 0.2) is 0 Å². The van der Waals surface area contributed by atoms with Gasteiger partial charge in [0, 0.05) is 6.07 Å². The number of ether oxygens (including phenoxy) is 1. The number of nitrogens with zero attached hydrogens (tertiary/aromatic N) is 1. The van der Waals surface area contributed by atoms with E-state index in [4.69, 9.17) is 10.00 Å². The van der Waals surface area contributed by atoms with Crippen molar-refractivity contribution in [1.29, 1.82) is 5.26 Å². The number of halogens is 2. The maximum absolute atomic E-state index is 13.2. The molecule has 126 valence electrons. The molecule has 1 rings (SSSR count). The van der Waals surface area contributed by atoms with Crippen LogP contribution in [0.4, 0.5) is 13.6 Å². The van der Waals surface area contributed by atoms with E-state index in [9.17, 15) is 18.7 Å². The number of hydrogen-bond donors (Lipinski definition) is 2. The molecule has 5 nitrogen and oxygen atoms in total. The first kappa shape index (κ1) is 18.8. The van der Waals surface area contributed by atoms with E-state index in [1.54, 1.807) is 26.8 Å². The van der Waals surface area contributed by atoms with Crippen LogP contribution in [0.3, 0.4) is 0 Å². The Balaban J connectivity index is 2.88. The highest BCUT2D eigenvalue weighted by atomic mass is 19.1. The summed E-state index contributed by atoms with van der Waals surface area (Å²) in [5.41, 5.74) is -0.486. The molecule has 0 aromatic heterocycles. The van der Waals surface area contributed by atoms with Gasteiger partial charge in [-0.1, -0.05) is 0 Å². The highest BCUT2D eigenvalue weighted by Crippen LogP contribution is 2.14. The average molecular weight is 326 g/mol. The van der Waals surface area contributed by atoms with E-state index in [0.717, 1.165) is 18.2 Å². The Morgan fingerprint density at radius 3 is 2.39 bits per heavy atom. The maximum atomic E-state index is 13.2. The molecule has 1 aromatic carbocycles. The molecular weight excluding hydrogens is 306 g/mol. The molecule has 23 heavy (non-hydrogen) atoms. The van der Waals surface area contributed by atoms with E-state index in [0.29, 0.717) is 0 Å². The van der Waals surface area contributed by atoms with Gasteiger partial charge in [0.05, 0.1) is 24.6 Å². The number of alkyl carbamates (subject to hydrolysis) is 1. The summed E-state index contributed by atoms with van der Waals surface area (Å²) in [7, 11) is 0. The highest BCUT2D eigenvalue weighted by molar-refractivity contribution is 5.68. The summed E-state index contributed by atoms with van der Waals surface area (Å²) in [5, 5.41) is 21.1. The van der Waals surface area contributed by atoms with Crippen molar-refractivity contribution in [2.75, 3.05) is 0 Å². The predicted octanol–water partition coefficient (Wildman–Crippen LogP) is 2.68. The fraction of sp³-hybridized carbons (Fsp3) is 0.500. The van der Waals surface area contributed by atoms with Crippen molar-refractivity contribution in [2.24, 2.45) is 0 Å². The Kier molecular flexibility index (Phi) is 6.46. The van der Waals surface area contributed by atoms with Crippen molar-refractivity contribution in [1.82, 2.24) is 5.32 Å². The molecule has 0 aliphatic carbocycles. The van der Waals surface area contributed by atoms with Gasteiger partial charge in [-0.3, -0.25) is 0 Å². The number of aliphatic hydroxyl groups excluding tert-OH is 1. The van der Waals surface area contributed by atoms with Crippen LogP contribution in [0, 0.1) is 23.0 Å². The molecule has 1 amide bonds. The largest absolute Gasteiger partial charge is 0.444 e. The third-order valence-electron chi connectivity index (χ3n) is 2.84. The van der Waals surface area contributed by atoms with Gasteiger partial charge in [-0.05, 0) is 44.9 Å². The molecule has 0 saturated carbocycles. The zero-order chi connectivity index (χ0) is 17.6. The van der Waals surface area contributed by atoms with E-state index < -0.39 is 35.5 Å². The maximum Gasteiger partial charge on any atom is 0.407 e. The van der Waals surface area contributed by atoms with Crippen LogP contribution in [0.2, 0.25) is 0 Å². The summed E-state index contributed by atoms with van der Waals surface area (Å²) >= 11 is 0. The molecule has 0 radical (unpaired) electrons. The zero-order valence-electron chi connectivity index (χ0n) is 13.3. The number of hydrogen-bond acceptors (Lipinski definition) is 4. The summed E-state index contributed by atoms with van der Waals surface area (Å²) in [6.45, 7) is 5.03. The number of amides is 1. The van der Waals surface area contributed by atoms with E-state index in [1.807, 2.05) is 0 Å². The Hall–Kier alpha value is -2.20. The molecule has 0 aliphatic heterocycles. The van der Waals surface area contributed by atoms with Crippen LogP contribution in [-0.2, 0) is 11.2 Å². The minimum Gasteiger partial charge on any atom is -0.444 e. The van der Waals surface area contributed by atoms with Crippen LogP contribution in [0.15, 0.2) is 18.2 Å². The van der Waals surface area contributed by atoms with E-state index in [-0.39, 0.29) is 18.4 Å². The third-order valence-corrected chi connectivity index (χ3v) is 2.84. The van der Waals surface area contributed by atoms with Gasteiger partial charge in [-0.2, -0.15) is 5.26 Å². The number of nitriles is 1. The standard InChI is InChI=1S/C16H20F2N2O3/c1-16(2,3)23-15(22)20-13(14(21)4-5-19)8-10-6-11(17)9-12(18)7-10/h6-7,9,13-14,21H,4,8H2,1-3H3,(H,20,22)/t13-,14-/m0/s1. The lowest BCUT2D eigenvalue weighted by molar-refractivity contribution is 0.0426. The monoisotopic (exact) mass is 326 g/mol. The Bertz CT molecular complexity index is 574. The van der Waals surface area contributed by atoms with Crippen LogP contribution in [-0.4, -0.2) is 28.9 Å². The van der Waals surface area contributed by atoms with Gasteiger partial charge in [0.1, 0.15) is 17.2 Å². The number of carbonyl (C=O) groups excluding carboxylic acids is 1. The van der Waals surface area contributed by atoms with Crippen LogP contribution in [0.25, 0.3) is 0 Å². The fourth-order valence-corrected chi connectivity index (χ4v) is 1.96. The Labute approximate surface area is 133 Å². The first-order valence-corrected chi connectivity index (χ1v) is 7.10. The lowest BCUT2D eigenvalue weighted by Crippen LogP contribution is -2.46. The van der Waals surface area contributed by atoms with E-state index in [1.165, 1.54) is 0 Å². The molecule has 0 fully saturated rings. The molecule has 7 heteroatoms. The van der Waals surface area contributed by atoms with Crippen molar-refractivity contribution in [3.05, 3.63) is 35.4 Å². The van der Waals surface area contributed by atoms with Crippen LogP contribution >= 0.6 is 0 Å². The number of nitrogens with one attached hydrogen (secondary N) is 1. The number of aliphatic hydroxyl groups is 1. The lowest BCUT2D eigenvalue weighted by Gasteiger charge is -2.26. The molecule has 0 saturated heterocycles. The van der Waals surface area contributed by atoms with Gasteiger partial charge >= 0.3 is 6.09 Å². The van der Waals surface area contributed by atoms with Gasteiger partial charge in [-0.25, -0.2) is 13.6 Å². The zero-order valence-corrected chi connectivity index (χ0v) is 13.3. The predicted molar refractivity (Wildman–Crippen MR) is 79.5 cm³/mol. The smallest absolute Gasteiger partial charge is 0.407 e. The SMILES string of the molecule is CC(C)(C)OC(=O)N[C@@H](Cc1cc(F)cc(F)c1)[C@@H](O)CC#N. The van der Waals surface area contributed by atoms with E-state index >= 15 is 0 Å². The average Bonchev–Trinajstić information content (AvgIpc) is 2.34. The van der Waals surface area contributed by atoms with Crippen LogP contribution in [0.5, 0.6) is 0 Å². The summed E-state index contributed by atoms with van der Waals surface area (Å²) in [4.78, 5) is 11.8. The molecule has 0 aliphatic rings. The molecule has 2 N–H and O–H groups in total. The van der Waals surface area contributed by atoms with Gasteiger partial charge in [-0.15, -0.1) is 0 Å². The quantitative estimate of drug-likeness (QED) is 0.871. The van der Waals surface area contributed by atoms with Crippen LogP contribution < -0.4 is 5.32 Å². The second-order valence-electron chi connectivity index (χ2n) is 6.16. The minimum atomic E-state index is -1.20. The van der Waals surface area contributed by atoms with Gasteiger partial charge in [0.2, 0.25) is 0 Å². The Morgan fingerprint density at radius 1 is 1.35 bits per heavy atom. The number of carbonyl (C=O) groups is 1. The summed E-state index contributed by atoms with van der Waals surface area (Å²) < 4.78 is 31.6. The minimum absolute atomic E-state index is 0.0449. The molecule has 2 atom stereocenters. The highest BCUT2D eigenvalue weighted by Gasteiger charge is 2.25. The first-order chi connectivity index (χ1) is 10.6. The van der Waals surface area contributed by atoms with Crippen molar-refractivity contribution in [3.8, 4) is 6.07 Å². The second-order valence-corrected chi connectivity index (χ2v) is 6.16. The van der Waals surface area contributed by atoms with Crippen molar-refractivity contribution in [2.45, 2.75) is 51.4 Å². The molecule has 0 heterocycles. The lowest BCUT2D eigenvalue weighted by atomic mass is 9.99. The van der Waals surface area contributed by atoms with Gasteiger partial charge in [0.25, 0.3) is 0 Å². The number of rotatable bonds is 5. The molecule has 1 aromatic rings. The summed E-state index contributed by atoms with van der Waals surface area (Å²) in [6.07, 6.45) is -2.26.